The Kier molecular flexibility index (Phi) is 7.32. The summed E-state index contributed by atoms with van der Waals surface area (Å²) >= 11 is 0. The van der Waals surface area contributed by atoms with Crippen LogP contribution < -0.4 is 10.6 Å². The lowest BCUT2D eigenvalue weighted by Gasteiger charge is -2.17. The third kappa shape index (κ3) is 7.20. The summed E-state index contributed by atoms with van der Waals surface area (Å²) in [4.78, 5) is 11.8. The van der Waals surface area contributed by atoms with Crippen LogP contribution in [0.5, 0.6) is 0 Å². The number of hydrogen-bond donors (Lipinski definition) is 3. The van der Waals surface area contributed by atoms with Gasteiger partial charge in [-0.05, 0) is 44.0 Å². The van der Waals surface area contributed by atoms with Gasteiger partial charge in [0.1, 0.15) is 5.82 Å². The van der Waals surface area contributed by atoms with Crippen molar-refractivity contribution in [1.82, 2.24) is 5.32 Å². The van der Waals surface area contributed by atoms with Gasteiger partial charge in [-0.25, -0.2) is 4.39 Å². The zero-order chi connectivity index (χ0) is 15.8. The molecule has 0 heterocycles. The monoisotopic (exact) mass is 296 g/mol. The highest BCUT2D eigenvalue weighted by atomic mass is 19.1. The maximum absolute atomic E-state index is 13.0. The summed E-state index contributed by atoms with van der Waals surface area (Å²) in [6.07, 6.45) is 0.632. The Morgan fingerprint density at radius 1 is 1.33 bits per heavy atom. The van der Waals surface area contributed by atoms with E-state index in [-0.39, 0.29) is 29.8 Å². The molecule has 0 fully saturated rings. The third-order valence-corrected chi connectivity index (χ3v) is 3.30. The smallest absolute Gasteiger partial charge is 0.225 e. The van der Waals surface area contributed by atoms with E-state index in [0.717, 1.165) is 0 Å². The minimum atomic E-state index is -0.373. The molecular formula is C16H25FN2O2. The standard InChI is InChI=1S/C16H25FN2O2/c1-11(2)15(20)7-8-18-12(3)9-16(21)19-14-6-4-5-13(17)10-14/h4-6,10-12,15,18,20H,7-9H2,1-3H3,(H,19,21). The molecule has 4 nitrogen and oxygen atoms in total. The highest BCUT2D eigenvalue weighted by molar-refractivity contribution is 5.91. The molecule has 3 N–H and O–H groups in total. The molecule has 0 aliphatic heterocycles. The molecule has 1 amide bonds. The van der Waals surface area contributed by atoms with Gasteiger partial charge in [0, 0.05) is 18.2 Å². The van der Waals surface area contributed by atoms with Crippen molar-refractivity contribution < 1.29 is 14.3 Å². The Labute approximate surface area is 125 Å². The lowest BCUT2D eigenvalue weighted by molar-refractivity contribution is -0.116. The number of aliphatic hydroxyl groups is 1. The molecule has 21 heavy (non-hydrogen) atoms. The molecule has 0 radical (unpaired) electrons. The lowest BCUT2D eigenvalue weighted by Crippen LogP contribution is -2.33. The summed E-state index contributed by atoms with van der Waals surface area (Å²) in [5, 5.41) is 15.6. The Morgan fingerprint density at radius 3 is 2.67 bits per heavy atom. The Hall–Kier alpha value is -1.46. The number of carbonyl (C=O) groups is 1. The molecule has 2 unspecified atom stereocenters. The number of aliphatic hydroxyl groups excluding tert-OH is 1. The molecule has 0 saturated heterocycles. The number of amides is 1. The minimum absolute atomic E-state index is 0.00192. The highest BCUT2D eigenvalue weighted by Gasteiger charge is 2.12. The van der Waals surface area contributed by atoms with Crippen LogP contribution in [0.3, 0.4) is 0 Å². The average Bonchev–Trinajstić information content (AvgIpc) is 2.37. The molecule has 1 aromatic rings. The van der Waals surface area contributed by atoms with E-state index >= 15 is 0 Å². The summed E-state index contributed by atoms with van der Waals surface area (Å²) in [7, 11) is 0. The molecule has 1 aromatic carbocycles. The first-order chi connectivity index (χ1) is 9.88. The number of nitrogens with one attached hydrogen (secondary N) is 2. The topological polar surface area (TPSA) is 61.4 Å². The molecule has 0 spiro atoms. The second kappa shape index (κ2) is 8.74. The molecule has 0 aliphatic rings. The molecule has 118 valence electrons. The summed E-state index contributed by atoms with van der Waals surface area (Å²) in [5.74, 6) is -0.301. The van der Waals surface area contributed by atoms with Gasteiger partial charge >= 0.3 is 0 Å². The zero-order valence-corrected chi connectivity index (χ0v) is 12.9. The van der Waals surface area contributed by atoms with Crippen molar-refractivity contribution in [3.63, 3.8) is 0 Å². The number of benzene rings is 1. The number of rotatable bonds is 8. The van der Waals surface area contributed by atoms with Crippen LogP contribution in [0.2, 0.25) is 0 Å². The van der Waals surface area contributed by atoms with Crippen LogP contribution in [0.25, 0.3) is 0 Å². The molecular weight excluding hydrogens is 271 g/mol. The summed E-state index contributed by atoms with van der Waals surface area (Å²) in [5.41, 5.74) is 0.461. The number of anilines is 1. The van der Waals surface area contributed by atoms with Crippen LogP contribution >= 0.6 is 0 Å². The molecule has 2 atom stereocenters. The second-order valence-corrected chi connectivity index (χ2v) is 5.72. The van der Waals surface area contributed by atoms with Gasteiger partial charge < -0.3 is 15.7 Å². The molecule has 5 heteroatoms. The average molecular weight is 296 g/mol. The van der Waals surface area contributed by atoms with Crippen molar-refractivity contribution in [3.8, 4) is 0 Å². The maximum atomic E-state index is 13.0. The fraction of sp³-hybridized carbons (Fsp3) is 0.562. The molecule has 0 bridgehead atoms. The fourth-order valence-corrected chi connectivity index (χ4v) is 1.94. The van der Waals surface area contributed by atoms with Gasteiger partial charge in [-0.15, -0.1) is 0 Å². The summed E-state index contributed by atoms with van der Waals surface area (Å²) in [6.45, 7) is 6.52. The Morgan fingerprint density at radius 2 is 2.05 bits per heavy atom. The van der Waals surface area contributed by atoms with Crippen molar-refractivity contribution in [2.24, 2.45) is 5.92 Å². The predicted octanol–water partition coefficient (Wildman–Crippen LogP) is 2.54. The molecule has 0 aliphatic carbocycles. The third-order valence-electron chi connectivity index (χ3n) is 3.30. The molecule has 1 rings (SSSR count). The second-order valence-electron chi connectivity index (χ2n) is 5.72. The maximum Gasteiger partial charge on any atom is 0.225 e. The molecule has 0 aromatic heterocycles. The fourth-order valence-electron chi connectivity index (χ4n) is 1.94. The van der Waals surface area contributed by atoms with Crippen LogP contribution in [0, 0.1) is 11.7 Å². The Balaban J connectivity index is 2.27. The first-order valence-corrected chi connectivity index (χ1v) is 7.35. The lowest BCUT2D eigenvalue weighted by atomic mass is 10.0. The van der Waals surface area contributed by atoms with Gasteiger partial charge in [-0.3, -0.25) is 4.79 Å². The minimum Gasteiger partial charge on any atom is -0.393 e. The normalized spacial score (nSPS) is 14.0. The van der Waals surface area contributed by atoms with Crippen molar-refractivity contribution in [3.05, 3.63) is 30.1 Å². The largest absolute Gasteiger partial charge is 0.393 e. The van der Waals surface area contributed by atoms with Gasteiger partial charge in [-0.1, -0.05) is 19.9 Å². The highest BCUT2D eigenvalue weighted by Crippen LogP contribution is 2.10. The predicted molar refractivity (Wildman–Crippen MR) is 82.6 cm³/mol. The van der Waals surface area contributed by atoms with E-state index in [1.807, 2.05) is 20.8 Å². The van der Waals surface area contributed by atoms with Crippen molar-refractivity contribution in [2.45, 2.75) is 45.8 Å². The van der Waals surface area contributed by atoms with Gasteiger partial charge in [0.2, 0.25) is 5.91 Å². The van der Waals surface area contributed by atoms with E-state index in [0.29, 0.717) is 25.1 Å². The SMILES string of the molecule is CC(CC(=O)Nc1cccc(F)c1)NCCC(O)C(C)C. The van der Waals surface area contributed by atoms with Crippen molar-refractivity contribution in [2.75, 3.05) is 11.9 Å². The van der Waals surface area contributed by atoms with E-state index in [1.165, 1.54) is 12.1 Å². The first kappa shape index (κ1) is 17.6. The first-order valence-electron chi connectivity index (χ1n) is 7.35. The molecule has 0 saturated carbocycles. The zero-order valence-electron chi connectivity index (χ0n) is 12.9. The van der Waals surface area contributed by atoms with Crippen LogP contribution in [0.1, 0.15) is 33.6 Å². The van der Waals surface area contributed by atoms with Crippen LogP contribution in [0.4, 0.5) is 10.1 Å². The Bertz CT molecular complexity index is 452. The van der Waals surface area contributed by atoms with Crippen LogP contribution in [-0.4, -0.2) is 29.7 Å². The van der Waals surface area contributed by atoms with E-state index in [9.17, 15) is 14.3 Å². The number of carbonyl (C=O) groups excluding carboxylic acids is 1. The van der Waals surface area contributed by atoms with Gasteiger partial charge in [0.15, 0.2) is 0 Å². The van der Waals surface area contributed by atoms with Gasteiger partial charge in [-0.2, -0.15) is 0 Å². The van der Waals surface area contributed by atoms with E-state index < -0.39 is 0 Å². The van der Waals surface area contributed by atoms with E-state index in [1.54, 1.807) is 12.1 Å². The quantitative estimate of drug-likeness (QED) is 0.691. The van der Waals surface area contributed by atoms with Crippen molar-refractivity contribution in [1.29, 1.82) is 0 Å². The van der Waals surface area contributed by atoms with Gasteiger partial charge in [0.05, 0.1) is 6.10 Å². The van der Waals surface area contributed by atoms with E-state index in [4.69, 9.17) is 0 Å². The number of hydrogen-bond acceptors (Lipinski definition) is 3. The van der Waals surface area contributed by atoms with Gasteiger partial charge in [0.25, 0.3) is 0 Å². The van der Waals surface area contributed by atoms with Crippen LogP contribution in [0.15, 0.2) is 24.3 Å². The number of halogens is 1. The summed E-state index contributed by atoms with van der Waals surface area (Å²) in [6, 6.07) is 5.82. The van der Waals surface area contributed by atoms with E-state index in [2.05, 4.69) is 10.6 Å². The summed E-state index contributed by atoms with van der Waals surface area (Å²) < 4.78 is 13.0. The van der Waals surface area contributed by atoms with Crippen LogP contribution in [-0.2, 0) is 4.79 Å². The van der Waals surface area contributed by atoms with Crippen molar-refractivity contribution >= 4 is 11.6 Å².